The van der Waals surface area contributed by atoms with Gasteiger partial charge in [-0.3, -0.25) is 9.36 Å². The van der Waals surface area contributed by atoms with E-state index in [0.29, 0.717) is 36.6 Å². The molecule has 1 aromatic heterocycles. The molecule has 0 radical (unpaired) electrons. The number of hydrogen-bond acceptors (Lipinski definition) is 6. The Kier molecular flexibility index (Phi) is 8.00. The third kappa shape index (κ3) is 5.46. The lowest BCUT2D eigenvalue weighted by atomic mass is 9.83. The van der Waals surface area contributed by atoms with Crippen LogP contribution >= 0.6 is 34.5 Å². The zero-order valence-corrected chi connectivity index (χ0v) is 26.9. The number of ether oxygens (including phenoxy) is 3. The van der Waals surface area contributed by atoms with E-state index in [4.69, 9.17) is 42.4 Å². The van der Waals surface area contributed by atoms with Gasteiger partial charge in [-0.2, -0.15) is 0 Å². The summed E-state index contributed by atoms with van der Waals surface area (Å²) in [5.74, 6) is 1.88. The SMILES string of the molecule is COc1ccc([C@@H]2C3=C(N=c4s/c(=C\c5ccccc5OCc5ccc(Cl)cc5Cl)c(=O)n42)c2ccccc2CC3)cc1OC. The Bertz CT molecular complexity index is 2170. The van der Waals surface area contributed by atoms with Crippen LogP contribution in [0.2, 0.25) is 10.0 Å². The molecule has 1 aliphatic heterocycles. The number of thiazole rings is 1. The van der Waals surface area contributed by atoms with Gasteiger partial charge in [-0.25, -0.2) is 4.99 Å². The molecule has 0 unspecified atom stereocenters. The number of fused-ring (bicyclic) bond motifs is 3. The molecule has 5 aromatic rings. The summed E-state index contributed by atoms with van der Waals surface area (Å²) in [7, 11) is 3.24. The molecule has 0 spiro atoms. The van der Waals surface area contributed by atoms with E-state index >= 15 is 0 Å². The highest BCUT2D eigenvalue weighted by molar-refractivity contribution is 7.07. The van der Waals surface area contributed by atoms with E-state index in [2.05, 4.69) is 18.2 Å². The maximum atomic E-state index is 14.3. The first kappa shape index (κ1) is 29.4. The molecule has 6 nitrogen and oxygen atoms in total. The topological polar surface area (TPSA) is 62.0 Å². The van der Waals surface area contributed by atoms with Crippen molar-refractivity contribution in [2.45, 2.75) is 25.5 Å². The van der Waals surface area contributed by atoms with E-state index in [1.165, 1.54) is 16.9 Å². The van der Waals surface area contributed by atoms with Crippen molar-refractivity contribution in [3.8, 4) is 17.2 Å². The number of aromatic nitrogens is 1. The monoisotopic (exact) mass is 654 g/mol. The number of halogens is 2. The van der Waals surface area contributed by atoms with Gasteiger partial charge in [0.2, 0.25) is 0 Å². The standard InChI is InChI=1S/C36H28Cl2N2O4S/c1-42-30-16-13-23(17-31(30)43-2)34-27-15-12-21-7-3-5-9-26(21)33(27)39-36-40(34)35(41)32(45-36)18-22-8-4-6-10-29(22)44-20-24-11-14-25(37)19-28(24)38/h3-11,13-14,16-19,34H,12,15,20H2,1-2H3/b32-18-/t34-/m1/s1. The van der Waals surface area contributed by atoms with Crippen molar-refractivity contribution < 1.29 is 14.2 Å². The number of rotatable bonds is 7. The summed E-state index contributed by atoms with van der Waals surface area (Å²) in [6, 6.07) is 26.9. The first-order valence-corrected chi connectivity index (χ1v) is 16.0. The summed E-state index contributed by atoms with van der Waals surface area (Å²) in [6.07, 6.45) is 3.55. The van der Waals surface area contributed by atoms with Crippen LogP contribution in [0, 0.1) is 0 Å². The van der Waals surface area contributed by atoms with Gasteiger partial charge in [-0.15, -0.1) is 0 Å². The van der Waals surface area contributed by atoms with Crippen LogP contribution in [-0.4, -0.2) is 18.8 Å². The summed E-state index contributed by atoms with van der Waals surface area (Å²) in [5, 5.41) is 1.10. The van der Waals surface area contributed by atoms with E-state index in [0.717, 1.165) is 46.4 Å². The summed E-state index contributed by atoms with van der Waals surface area (Å²) in [4.78, 5) is 20.1. The average molecular weight is 656 g/mol. The number of hydrogen-bond donors (Lipinski definition) is 0. The van der Waals surface area contributed by atoms with Gasteiger partial charge in [0, 0.05) is 26.7 Å². The number of methoxy groups -OCH3 is 2. The molecule has 0 amide bonds. The summed E-state index contributed by atoms with van der Waals surface area (Å²) in [5.41, 5.74) is 6.85. The van der Waals surface area contributed by atoms with E-state index in [9.17, 15) is 4.79 Å². The van der Waals surface area contributed by atoms with Gasteiger partial charge in [0.05, 0.1) is 30.5 Å². The van der Waals surface area contributed by atoms with Crippen LogP contribution in [0.5, 0.6) is 17.2 Å². The Hall–Kier alpha value is -4.30. The predicted molar refractivity (Wildman–Crippen MR) is 180 cm³/mol. The van der Waals surface area contributed by atoms with E-state index in [-0.39, 0.29) is 18.2 Å². The third-order valence-electron chi connectivity index (χ3n) is 8.20. The lowest BCUT2D eigenvalue weighted by Gasteiger charge is -2.31. The van der Waals surface area contributed by atoms with E-state index in [1.54, 1.807) is 26.4 Å². The van der Waals surface area contributed by atoms with E-state index < -0.39 is 0 Å². The molecule has 226 valence electrons. The summed E-state index contributed by atoms with van der Waals surface area (Å²) >= 11 is 13.8. The minimum absolute atomic E-state index is 0.112. The normalized spacial score (nSPS) is 15.6. The predicted octanol–water partition coefficient (Wildman–Crippen LogP) is 7.22. The van der Waals surface area contributed by atoms with Crippen LogP contribution in [-0.2, 0) is 13.0 Å². The molecular weight excluding hydrogens is 627 g/mol. The second-order valence-corrected chi connectivity index (χ2v) is 12.6. The Labute approximate surface area is 274 Å². The molecule has 1 aliphatic carbocycles. The average Bonchev–Trinajstić information content (AvgIpc) is 3.37. The molecule has 0 saturated carbocycles. The van der Waals surface area contributed by atoms with Gasteiger partial charge in [-0.05, 0) is 65.9 Å². The zero-order valence-electron chi connectivity index (χ0n) is 24.6. The van der Waals surface area contributed by atoms with Crippen molar-refractivity contribution in [3.63, 3.8) is 0 Å². The highest BCUT2D eigenvalue weighted by atomic mass is 35.5. The fourth-order valence-electron chi connectivity index (χ4n) is 6.01. The maximum Gasteiger partial charge on any atom is 0.271 e. The van der Waals surface area contributed by atoms with Crippen LogP contribution in [0.1, 0.15) is 40.3 Å². The van der Waals surface area contributed by atoms with Crippen molar-refractivity contribution in [1.82, 2.24) is 4.57 Å². The van der Waals surface area contributed by atoms with Crippen molar-refractivity contribution in [3.05, 3.63) is 148 Å². The van der Waals surface area contributed by atoms with Crippen molar-refractivity contribution in [1.29, 1.82) is 0 Å². The van der Waals surface area contributed by atoms with Gasteiger partial charge in [0.15, 0.2) is 16.3 Å². The molecule has 9 heteroatoms. The lowest BCUT2D eigenvalue weighted by Crippen LogP contribution is -2.38. The fourth-order valence-corrected chi connectivity index (χ4v) is 7.47. The van der Waals surface area contributed by atoms with Gasteiger partial charge < -0.3 is 14.2 Å². The Morgan fingerprint density at radius 2 is 1.71 bits per heavy atom. The van der Waals surface area contributed by atoms with E-state index in [1.807, 2.05) is 65.2 Å². The Morgan fingerprint density at radius 1 is 0.911 bits per heavy atom. The van der Waals surface area contributed by atoms with Crippen LogP contribution < -0.4 is 29.1 Å². The van der Waals surface area contributed by atoms with Crippen LogP contribution in [0.4, 0.5) is 0 Å². The third-order valence-corrected chi connectivity index (χ3v) is 9.77. The van der Waals surface area contributed by atoms with Gasteiger partial charge in [0.1, 0.15) is 12.4 Å². The minimum Gasteiger partial charge on any atom is -0.493 e. The number of aryl methyl sites for hydroxylation is 1. The first-order valence-electron chi connectivity index (χ1n) is 14.5. The molecule has 2 aliphatic rings. The maximum absolute atomic E-state index is 14.3. The van der Waals surface area contributed by atoms with Gasteiger partial charge in [0.25, 0.3) is 5.56 Å². The van der Waals surface area contributed by atoms with Crippen molar-refractivity contribution in [2.75, 3.05) is 14.2 Å². The Balaban J connectivity index is 1.36. The molecular formula is C36H28Cl2N2O4S. The second-order valence-electron chi connectivity index (χ2n) is 10.8. The molecule has 0 bridgehead atoms. The largest absolute Gasteiger partial charge is 0.493 e. The number of benzene rings is 4. The molecule has 1 atom stereocenters. The number of para-hydroxylation sites is 1. The molecule has 2 heterocycles. The Morgan fingerprint density at radius 3 is 2.53 bits per heavy atom. The zero-order chi connectivity index (χ0) is 31.1. The van der Waals surface area contributed by atoms with Crippen LogP contribution in [0.3, 0.4) is 0 Å². The smallest absolute Gasteiger partial charge is 0.271 e. The molecule has 0 N–H and O–H groups in total. The number of allylic oxidation sites excluding steroid dienone is 1. The quantitative estimate of drug-likeness (QED) is 0.186. The molecule has 4 aromatic carbocycles. The van der Waals surface area contributed by atoms with Crippen molar-refractivity contribution in [2.24, 2.45) is 4.99 Å². The lowest BCUT2D eigenvalue weighted by molar-refractivity contribution is 0.305. The molecule has 7 rings (SSSR count). The summed E-state index contributed by atoms with van der Waals surface area (Å²) in [6.45, 7) is 0.257. The van der Waals surface area contributed by atoms with Crippen LogP contribution in [0.15, 0.2) is 100 Å². The second kappa shape index (κ2) is 12.2. The van der Waals surface area contributed by atoms with Crippen LogP contribution in [0.25, 0.3) is 11.8 Å². The van der Waals surface area contributed by atoms with Crippen molar-refractivity contribution >= 4 is 46.3 Å². The first-order chi connectivity index (χ1) is 21.9. The highest BCUT2D eigenvalue weighted by Crippen LogP contribution is 2.42. The minimum atomic E-state index is -0.342. The number of nitrogens with zero attached hydrogens (tertiary/aromatic N) is 2. The van der Waals surface area contributed by atoms with Gasteiger partial charge in [-0.1, -0.05) is 89.1 Å². The summed E-state index contributed by atoms with van der Waals surface area (Å²) < 4.78 is 19.7. The molecule has 45 heavy (non-hydrogen) atoms. The molecule has 0 fully saturated rings. The molecule has 0 saturated heterocycles. The fraction of sp³-hybridized carbons (Fsp3) is 0.167. The highest BCUT2D eigenvalue weighted by Gasteiger charge is 2.33. The van der Waals surface area contributed by atoms with Gasteiger partial charge >= 0.3 is 0 Å².